The molecule has 0 radical (unpaired) electrons. The molecule has 2 rings (SSSR count). The zero-order chi connectivity index (χ0) is 15.8. The second kappa shape index (κ2) is 5.54. The molecule has 4 nitrogen and oxygen atoms in total. The number of carboxylic acid groups (broad SMARTS) is 1. The van der Waals surface area contributed by atoms with Gasteiger partial charge in [-0.2, -0.15) is 13.2 Å². The van der Waals surface area contributed by atoms with Crippen molar-refractivity contribution < 1.29 is 23.1 Å². The number of anilines is 1. The summed E-state index contributed by atoms with van der Waals surface area (Å²) >= 11 is 0. The first kappa shape index (κ1) is 15.6. The molecule has 7 heteroatoms. The number of aromatic carboxylic acids is 1. The number of pyridine rings is 1. The van der Waals surface area contributed by atoms with Crippen molar-refractivity contribution in [3.8, 4) is 0 Å². The molecule has 1 aliphatic rings. The minimum atomic E-state index is -4.58. The summed E-state index contributed by atoms with van der Waals surface area (Å²) in [6.07, 6.45) is -3.75. The molecule has 1 aliphatic heterocycles. The smallest absolute Gasteiger partial charge is 0.433 e. The van der Waals surface area contributed by atoms with E-state index in [2.05, 4.69) is 4.98 Å². The minimum absolute atomic E-state index is 0.0829. The Morgan fingerprint density at radius 3 is 2.57 bits per heavy atom. The lowest BCUT2D eigenvalue weighted by Gasteiger charge is -2.21. The Morgan fingerprint density at radius 1 is 1.43 bits per heavy atom. The predicted octanol–water partition coefficient (Wildman–Crippen LogP) is 3.28. The van der Waals surface area contributed by atoms with Crippen molar-refractivity contribution >= 4 is 11.8 Å². The Balaban J connectivity index is 2.38. The molecule has 1 fully saturated rings. The lowest BCUT2D eigenvalue weighted by atomic mass is 9.95. The molecular weight excluding hydrogens is 285 g/mol. The Labute approximate surface area is 120 Å². The fourth-order valence-electron chi connectivity index (χ4n) is 2.54. The van der Waals surface area contributed by atoms with Crippen LogP contribution in [0.4, 0.5) is 19.0 Å². The normalized spacial score (nSPS) is 19.3. The average molecular weight is 302 g/mol. The van der Waals surface area contributed by atoms with E-state index in [9.17, 15) is 18.0 Å². The van der Waals surface area contributed by atoms with Gasteiger partial charge in [0, 0.05) is 13.1 Å². The molecule has 0 spiro atoms. The first-order chi connectivity index (χ1) is 9.70. The van der Waals surface area contributed by atoms with E-state index in [0.29, 0.717) is 31.0 Å². The fourth-order valence-corrected chi connectivity index (χ4v) is 2.54. The Morgan fingerprint density at radius 2 is 2.10 bits per heavy atom. The van der Waals surface area contributed by atoms with Crippen molar-refractivity contribution in [2.75, 3.05) is 18.0 Å². The number of rotatable bonds is 3. The van der Waals surface area contributed by atoms with Crippen LogP contribution in [0.15, 0.2) is 12.1 Å². The van der Waals surface area contributed by atoms with Crippen molar-refractivity contribution in [3.05, 3.63) is 23.4 Å². The predicted molar refractivity (Wildman–Crippen MR) is 71.4 cm³/mol. The van der Waals surface area contributed by atoms with Crippen LogP contribution in [-0.2, 0) is 6.18 Å². The van der Waals surface area contributed by atoms with Gasteiger partial charge < -0.3 is 10.0 Å². The lowest BCUT2D eigenvalue weighted by Crippen LogP contribution is -2.25. The van der Waals surface area contributed by atoms with Gasteiger partial charge in [-0.25, -0.2) is 9.78 Å². The van der Waals surface area contributed by atoms with Crippen LogP contribution in [-0.4, -0.2) is 29.1 Å². The number of hydrogen-bond acceptors (Lipinski definition) is 3. The van der Waals surface area contributed by atoms with Gasteiger partial charge in [0.05, 0.1) is 0 Å². The molecule has 1 unspecified atom stereocenters. The zero-order valence-electron chi connectivity index (χ0n) is 11.8. The first-order valence-corrected chi connectivity index (χ1v) is 6.76. The van der Waals surface area contributed by atoms with E-state index >= 15 is 0 Å². The molecule has 1 N–H and O–H groups in total. The van der Waals surface area contributed by atoms with Crippen LogP contribution in [0.25, 0.3) is 0 Å². The van der Waals surface area contributed by atoms with E-state index in [-0.39, 0.29) is 11.4 Å². The summed E-state index contributed by atoms with van der Waals surface area (Å²) in [5.41, 5.74) is -1.25. The van der Waals surface area contributed by atoms with Crippen LogP contribution in [0.2, 0.25) is 0 Å². The maximum Gasteiger partial charge on any atom is 0.433 e. The molecule has 0 saturated carbocycles. The van der Waals surface area contributed by atoms with Gasteiger partial charge in [-0.15, -0.1) is 0 Å². The lowest BCUT2D eigenvalue weighted by molar-refractivity contribution is -0.141. The quantitative estimate of drug-likeness (QED) is 0.931. The van der Waals surface area contributed by atoms with Gasteiger partial charge >= 0.3 is 12.1 Å². The molecule has 1 saturated heterocycles. The molecule has 0 bridgehead atoms. The number of aromatic nitrogens is 1. The third-order valence-corrected chi connectivity index (χ3v) is 3.86. The molecule has 116 valence electrons. The van der Waals surface area contributed by atoms with Gasteiger partial charge in [-0.05, 0) is 30.4 Å². The number of alkyl halides is 3. The number of nitrogens with zero attached hydrogens (tertiary/aromatic N) is 2. The second-order valence-corrected chi connectivity index (χ2v) is 5.61. The van der Waals surface area contributed by atoms with Gasteiger partial charge in [0.25, 0.3) is 0 Å². The summed E-state index contributed by atoms with van der Waals surface area (Å²) in [4.78, 5) is 16.4. The zero-order valence-corrected chi connectivity index (χ0v) is 11.8. The van der Waals surface area contributed by atoms with E-state index in [0.717, 1.165) is 12.5 Å². The van der Waals surface area contributed by atoms with Crippen LogP contribution in [0.3, 0.4) is 0 Å². The van der Waals surface area contributed by atoms with Gasteiger partial charge in [-0.3, -0.25) is 0 Å². The SMILES string of the molecule is CC(C)C1CCN(c2nc(C(F)(F)F)ccc2C(=O)O)C1. The summed E-state index contributed by atoms with van der Waals surface area (Å²) in [7, 11) is 0. The van der Waals surface area contributed by atoms with Crippen molar-refractivity contribution in [1.29, 1.82) is 0 Å². The highest BCUT2D eigenvalue weighted by Crippen LogP contribution is 2.33. The van der Waals surface area contributed by atoms with Crippen LogP contribution < -0.4 is 4.90 Å². The van der Waals surface area contributed by atoms with Gasteiger partial charge in [-0.1, -0.05) is 13.8 Å². The van der Waals surface area contributed by atoms with Crippen LogP contribution >= 0.6 is 0 Å². The summed E-state index contributed by atoms with van der Waals surface area (Å²) in [5, 5.41) is 9.15. The maximum atomic E-state index is 12.8. The van der Waals surface area contributed by atoms with Gasteiger partial charge in [0.2, 0.25) is 0 Å². The number of carboxylic acids is 1. The van der Waals surface area contributed by atoms with E-state index in [1.807, 2.05) is 13.8 Å². The first-order valence-electron chi connectivity index (χ1n) is 6.76. The molecule has 1 aromatic rings. The Kier molecular flexibility index (Phi) is 4.11. The average Bonchev–Trinajstić information content (AvgIpc) is 2.86. The molecule has 21 heavy (non-hydrogen) atoms. The minimum Gasteiger partial charge on any atom is -0.478 e. The molecule has 0 amide bonds. The Bertz CT molecular complexity index is 544. The standard InChI is InChI=1S/C14H17F3N2O2/c1-8(2)9-5-6-19(7-9)12-10(13(20)21)3-4-11(18-12)14(15,16)17/h3-4,8-9H,5-7H2,1-2H3,(H,20,21). The monoisotopic (exact) mass is 302 g/mol. The summed E-state index contributed by atoms with van der Waals surface area (Å²) < 4.78 is 38.3. The molecule has 0 aromatic carbocycles. The van der Waals surface area contributed by atoms with E-state index in [4.69, 9.17) is 5.11 Å². The van der Waals surface area contributed by atoms with Crippen molar-refractivity contribution in [1.82, 2.24) is 4.98 Å². The highest BCUT2D eigenvalue weighted by Gasteiger charge is 2.35. The van der Waals surface area contributed by atoms with Crippen molar-refractivity contribution in [3.63, 3.8) is 0 Å². The Hall–Kier alpha value is -1.79. The van der Waals surface area contributed by atoms with E-state index in [1.165, 1.54) is 0 Å². The topological polar surface area (TPSA) is 53.4 Å². The highest BCUT2D eigenvalue weighted by atomic mass is 19.4. The number of halogens is 3. The largest absolute Gasteiger partial charge is 0.478 e. The second-order valence-electron chi connectivity index (χ2n) is 5.61. The molecular formula is C14H17F3N2O2. The molecule has 2 heterocycles. The molecule has 0 aliphatic carbocycles. The third-order valence-electron chi connectivity index (χ3n) is 3.86. The van der Waals surface area contributed by atoms with Crippen LogP contribution in [0.5, 0.6) is 0 Å². The van der Waals surface area contributed by atoms with Crippen molar-refractivity contribution in [2.45, 2.75) is 26.4 Å². The summed E-state index contributed by atoms with van der Waals surface area (Å²) in [6, 6.07) is 1.69. The van der Waals surface area contributed by atoms with Crippen LogP contribution in [0, 0.1) is 11.8 Å². The number of hydrogen-bond donors (Lipinski definition) is 1. The van der Waals surface area contributed by atoms with Crippen molar-refractivity contribution in [2.24, 2.45) is 11.8 Å². The highest BCUT2D eigenvalue weighted by molar-refractivity contribution is 5.93. The van der Waals surface area contributed by atoms with E-state index in [1.54, 1.807) is 4.90 Å². The van der Waals surface area contributed by atoms with Gasteiger partial charge in [0.15, 0.2) is 0 Å². The summed E-state index contributed by atoms with van der Waals surface area (Å²) in [6.45, 7) is 5.15. The molecule has 1 aromatic heterocycles. The molecule has 1 atom stereocenters. The summed E-state index contributed by atoms with van der Waals surface area (Å²) in [5.74, 6) is -0.614. The van der Waals surface area contributed by atoms with Crippen LogP contribution in [0.1, 0.15) is 36.3 Å². The van der Waals surface area contributed by atoms with E-state index < -0.39 is 17.8 Å². The van der Waals surface area contributed by atoms with Gasteiger partial charge in [0.1, 0.15) is 17.1 Å². The maximum absolute atomic E-state index is 12.8. The fraction of sp³-hybridized carbons (Fsp3) is 0.571. The number of carbonyl (C=O) groups is 1. The third kappa shape index (κ3) is 3.28.